The molecule has 0 saturated carbocycles. The van der Waals surface area contributed by atoms with Crippen molar-refractivity contribution in [3.8, 4) is 0 Å². The molecule has 17 heavy (non-hydrogen) atoms. The van der Waals surface area contributed by atoms with Crippen molar-refractivity contribution >= 4 is 21.8 Å². The minimum absolute atomic E-state index is 0.209. The average molecular weight is 296 g/mol. The highest BCUT2D eigenvalue weighted by molar-refractivity contribution is 9.10. The molecule has 0 saturated heterocycles. The highest BCUT2D eigenvalue weighted by Crippen LogP contribution is 2.12. The number of carbonyl (C=O) groups excluding carboxylic acids is 1. The molecule has 1 N–H and O–H groups in total. The van der Waals surface area contributed by atoms with Crippen molar-refractivity contribution in [2.24, 2.45) is 0 Å². The summed E-state index contributed by atoms with van der Waals surface area (Å²) in [7, 11) is 0. The van der Waals surface area contributed by atoms with Crippen LogP contribution in [0.5, 0.6) is 0 Å². The lowest BCUT2D eigenvalue weighted by Gasteiger charge is -2.03. The molecule has 0 radical (unpaired) electrons. The number of carbonyl (C=O) groups is 1. The normalized spacial score (nSPS) is 10.2. The van der Waals surface area contributed by atoms with Crippen LogP contribution in [0.3, 0.4) is 0 Å². The third-order valence-electron chi connectivity index (χ3n) is 2.10. The van der Waals surface area contributed by atoms with Crippen molar-refractivity contribution in [1.82, 2.24) is 15.5 Å². The van der Waals surface area contributed by atoms with E-state index in [9.17, 15) is 4.79 Å². The molecule has 0 atom stereocenters. The van der Waals surface area contributed by atoms with Crippen LogP contribution in [0.25, 0.3) is 0 Å². The Hall–Kier alpha value is -1.69. The van der Waals surface area contributed by atoms with Crippen LogP contribution >= 0.6 is 15.9 Å². The summed E-state index contributed by atoms with van der Waals surface area (Å²) in [4.78, 5) is 15.8. The van der Waals surface area contributed by atoms with Crippen molar-refractivity contribution in [3.63, 3.8) is 0 Å². The van der Waals surface area contributed by atoms with Crippen LogP contribution < -0.4 is 5.32 Å². The maximum Gasteiger partial charge on any atom is 0.254 e. The van der Waals surface area contributed by atoms with Crippen molar-refractivity contribution in [3.05, 3.63) is 46.0 Å². The standard InChI is InChI=1S/C11H10BrN3O2/c1-7-5-8(17-15-7)6-14-11(16)9-3-2-4-13-10(9)12/h2-5H,6H2,1H3,(H,14,16). The van der Waals surface area contributed by atoms with Gasteiger partial charge in [-0.2, -0.15) is 0 Å². The molecule has 2 aromatic heterocycles. The fourth-order valence-electron chi connectivity index (χ4n) is 1.32. The molecular weight excluding hydrogens is 286 g/mol. The zero-order chi connectivity index (χ0) is 12.3. The summed E-state index contributed by atoms with van der Waals surface area (Å²) in [6.07, 6.45) is 1.61. The molecule has 0 fully saturated rings. The number of hydrogen-bond acceptors (Lipinski definition) is 4. The highest BCUT2D eigenvalue weighted by Gasteiger charge is 2.10. The molecule has 2 heterocycles. The fourth-order valence-corrected chi connectivity index (χ4v) is 1.75. The Bertz CT molecular complexity index is 539. The van der Waals surface area contributed by atoms with Gasteiger partial charge in [0.25, 0.3) is 5.91 Å². The Morgan fingerprint density at radius 2 is 2.41 bits per heavy atom. The number of rotatable bonds is 3. The first-order valence-corrected chi connectivity index (χ1v) is 5.77. The third kappa shape index (κ3) is 2.91. The molecule has 0 aromatic carbocycles. The number of pyridine rings is 1. The molecular formula is C11H10BrN3O2. The van der Waals surface area contributed by atoms with Crippen molar-refractivity contribution < 1.29 is 9.32 Å². The lowest BCUT2D eigenvalue weighted by molar-refractivity contribution is 0.0946. The van der Waals surface area contributed by atoms with Crippen LogP contribution in [-0.4, -0.2) is 16.0 Å². The Labute approximate surface area is 106 Å². The van der Waals surface area contributed by atoms with E-state index in [1.54, 1.807) is 24.4 Å². The van der Waals surface area contributed by atoms with E-state index in [0.29, 0.717) is 22.5 Å². The largest absolute Gasteiger partial charge is 0.359 e. The van der Waals surface area contributed by atoms with Gasteiger partial charge in [0, 0.05) is 12.3 Å². The molecule has 0 aliphatic rings. The van der Waals surface area contributed by atoms with E-state index in [-0.39, 0.29) is 5.91 Å². The van der Waals surface area contributed by atoms with Gasteiger partial charge in [0.05, 0.1) is 17.8 Å². The zero-order valence-corrected chi connectivity index (χ0v) is 10.7. The number of halogens is 1. The van der Waals surface area contributed by atoms with Gasteiger partial charge < -0.3 is 9.84 Å². The smallest absolute Gasteiger partial charge is 0.254 e. The first-order valence-electron chi connectivity index (χ1n) is 4.98. The SMILES string of the molecule is Cc1cc(CNC(=O)c2cccnc2Br)on1. The molecule has 6 heteroatoms. The molecule has 88 valence electrons. The molecule has 0 aliphatic heterocycles. The predicted molar refractivity (Wildman–Crippen MR) is 64.3 cm³/mol. The van der Waals surface area contributed by atoms with Gasteiger partial charge in [-0.25, -0.2) is 4.98 Å². The van der Waals surface area contributed by atoms with E-state index in [4.69, 9.17) is 4.52 Å². The number of aryl methyl sites for hydroxylation is 1. The van der Waals surface area contributed by atoms with Gasteiger partial charge in [-0.15, -0.1) is 0 Å². The maximum absolute atomic E-state index is 11.8. The minimum Gasteiger partial charge on any atom is -0.359 e. The number of amides is 1. The van der Waals surface area contributed by atoms with E-state index < -0.39 is 0 Å². The lowest BCUT2D eigenvalue weighted by Crippen LogP contribution is -2.23. The van der Waals surface area contributed by atoms with Gasteiger partial charge >= 0.3 is 0 Å². The summed E-state index contributed by atoms with van der Waals surface area (Å²) < 4.78 is 5.51. The molecule has 0 bridgehead atoms. The second-order valence-electron chi connectivity index (χ2n) is 3.46. The Morgan fingerprint density at radius 3 is 3.06 bits per heavy atom. The molecule has 2 aromatic rings. The molecule has 5 nitrogen and oxygen atoms in total. The van der Waals surface area contributed by atoms with E-state index >= 15 is 0 Å². The Morgan fingerprint density at radius 1 is 1.59 bits per heavy atom. The molecule has 0 spiro atoms. The van der Waals surface area contributed by atoms with Crippen LogP contribution in [0, 0.1) is 6.92 Å². The quantitative estimate of drug-likeness (QED) is 0.880. The van der Waals surface area contributed by atoms with E-state index in [0.717, 1.165) is 5.69 Å². The lowest BCUT2D eigenvalue weighted by atomic mass is 10.2. The van der Waals surface area contributed by atoms with Gasteiger partial charge in [0.15, 0.2) is 5.76 Å². The van der Waals surface area contributed by atoms with Crippen LogP contribution in [0.15, 0.2) is 33.5 Å². The summed E-state index contributed by atoms with van der Waals surface area (Å²) in [5.74, 6) is 0.412. The number of hydrogen-bond donors (Lipinski definition) is 1. The predicted octanol–water partition coefficient (Wildman–Crippen LogP) is 2.07. The van der Waals surface area contributed by atoms with Gasteiger partial charge in [0.1, 0.15) is 4.60 Å². The molecule has 0 unspecified atom stereocenters. The molecule has 1 amide bonds. The second kappa shape index (κ2) is 5.09. The summed E-state index contributed by atoms with van der Waals surface area (Å²) in [6, 6.07) is 5.18. The van der Waals surface area contributed by atoms with Gasteiger partial charge in [-0.05, 0) is 35.0 Å². The topological polar surface area (TPSA) is 68.0 Å². The van der Waals surface area contributed by atoms with Crippen LogP contribution in [0.4, 0.5) is 0 Å². The molecule has 0 aliphatic carbocycles. The van der Waals surface area contributed by atoms with E-state index in [1.807, 2.05) is 6.92 Å². The summed E-state index contributed by atoms with van der Waals surface area (Å²) >= 11 is 3.22. The van der Waals surface area contributed by atoms with Gasteiger partial charge in [0.2, 0.25) is 0 Å². The highest BCUT2D eigenvalue weighted by atomic mass is 79.9. The first-order chi connectivity index (χ1) is 8.16. The summed E-state index contributed by atoms with van der Waals surface area (Å²) in [5, 5.41) is 6.46. The van der Waals surface area contributed by atoms with Crippen molar-refractivity contribution in [2.45, 2.75) is 13.5 Å². The van der Waals surface area contributed by atoms with Crippen LogP contribution in [-0.2, 0) is 6.54 Å². The van der Waals surface area contributed by atoms with E-state index in [1.165, 1.54) is 0 Å². The van der Waals surface area contributed by atoms with E-state index in [2.05, 4.69) is 31.4 Å². The third-order valence-corrected chi connectivity index (χ3v) is 2.74. The summed E-state index contributed by atoms with van der Waals surface area (Å²) in [5.41, 5.74) is 1.28. The Kier molecular flexibility index (Phi) is 3.53. The zero-order valence-electron chi connectivity index (χ0n) is 9.11. The Balaban J connectivity index is 2.01. The van der Waals surface area contributed by atoms with Gasteiger partial charge in [-0.3, -0.25) is 4.79 Å². The van der Waals surface area contributed by atoms with Crippen molar-refractivity contribution in [2.75, 3.05) is 0 Å². The second-order valence-corrected chi connectivity index (χ2v) is 4.21. The number of aromatic nitrogens is 2. The van der Waals surface area contributed by atoms with Crippen LogP contribution in [0.2, 0.25) is 0 Å². The van der Waals surface area contributed by atoms with Crippen LogP contribution in [0.1, 0.15) is 21.8 Å². The maximum atomic E-state index is 11.8. The monoisotopic (exact) mass is 295 g/mol. The fraction of sp³-hybridized carbons (Fsp3) is 0.182. The van der Waals surface area contributed by atoms with Gasteiger partial charge in [-0.1, -0.05) is 5.16 Å². The number of nitrogens with one attached hydrogen (secondary N) is 1. The van der Waals surface area contributed by atoms with Crippen molar-refractivity contribution in [1.29, 1.82) is 0 Å². The minimum atomic E-state index is -0.209. The first kappa shape index (κ1) is 11.8. The number of nitrogens with zero attached hydrogens (tertiary/aromatic N) is 2. The average Bonchev–Trinajstić information content (AvgIpc) is 2.73. The molecule has 2 rings (SSSR count). The summed E-state index contributed by atoms with van der Waals surface area (Å²) in [6.45, 7) is 2.13.